The predicted octanol–water partition coefficient (Wildman–Crippen LogP) is 5.31. The van der Waals surface area contributed by atoms with Gasteiger partial charge in [-0.05, 0) is 24.6 Å². The maximum absolute atomic E-state index is 12.2. The van der Waals surface area contributed by atoms with E-state index in [1.807, 2.05) is 0 Å². The summed E-state index contributed by atoms with van der Waals surface area (Å²) in [5, 5.41) is -0.323. The molecule has 0 fully saturated rings. The van der Waals surface area contributed by atoms with Crippen LogP contribution in [-0.4, -0.2) is 0 Å². The second kappa shape index (κ2) is 2.36. The van der Waals surface area contributed by atoms with Gasteiger partial charge in [0.15, 0.2) is 0 Å². The van der Waals surface area contributed by atoms with E-state index in [-0.39, 0.29) is 11.1 Å². The lowest BCUT2D eigenvalue weighted by Crippen LogP contribution is -2.05. The molecule has 14 heavy (non-hydrogen) atoms. The molecule has 0 atom stereocenters. The zero-order valence-corrected chi connectivity index (χ0v) is 8.48. The number of aryl methyl sites for hydroxylation is 1. The van der Waals surface area contributed by atoms with Gasteiger partial charge >= 0.3 is 10.2 Å². The van der Waals surface area contributed by atoms with Crippen LogP contribution in [0.15, 0.2) is 23.1 Å². The minimum atomic E-state index is -9.57. The summed E-state index contributed by atoms with van der Waals surface area (Å²) in [5.74, 6) is 0. The highest BCUT2D eigenvalue weighted by Gasteiger charge is 2.65. The molecule has 0 amide bonds. The minimum absolute atomic E-state index is 0.248. The molecule has 0 saturated heterocycles. The SMILES string of the molecule is Cc1ccc(S(F)(F)(F)(F)F)cc1Cl. The highest BCUT2D eigenvalue weighted by atomic mass is 35.5. The average molecular weight is 253 g/mol. The summed E-state index contributed by atoms with van der Waals surface area (Å²) in [5.41, 5.74) is 0.317. The van der Waals surface area contributed by atoms with Crippen molar-refractivity contribution in [2.24, 2.45) is 0 Å². The van der Waals surface area contributed by atoms with Crippen LogP contribution in [0.3, 0.4) is 0 Å². The van der Waals surface area contributed by atoms with Crippen LogP contribution in [0.25, 0.3) is 0 Å². The van der Waals surface area contributed by atoms with E-state index in [4.69, 9.17) is 11.6 Å². The van der Waals surface area contributed by atoms with Gasteiger partial charge in [0, 0.05) is 5.02 Å². The quantitative estimate of drug-likeness (QED) is 0.595. The second-order valence-corrected chi connectivity index (χ2v) is 5.70. The number of halogens is 6. The lowest BCUT2D eigenvalue weighted by atomic mass is 10.2. The largest absolute Gasteiger partial charge is 0.310 e. The number of hydrogen-bond donors (Lipinski definition) is 0. The monoisotopic (exact) mass is 252 g/mol. The summed E-state index contributed by atoms with van der Waals surface area (Å²) < 4.78 is 61.0. The molecule has 0 unspecified atom stereocenters. The molecule has 0 aliphatic heterocycles. The van der Waals surface area contributed by atoms with Crippen molar-refractivity contribution in [1.29, 1.82) is 0 Å². The first kappa shape index (κ1) is 11.6. The summed E-state index contributed by atoms with van der Waals surface area (Å²) in [6, 6.07) is 1.50. The van der Waals surface area contributed by atoms with Crippen molar-refractivity contribution in [2.75, 3.05) is 0 Å². The lowest BCUT2D eigenvalue weighted by molar-refractivity contribution is 0.364. The molecule has 7 heteroatoms. The van der Waals surface area contributed by atoms with E-state index in [0.717, 1.165) is 6.07 Å². The molecule has 0 nitrogen and oxygen atoms in total. The smallest absolute Gasteiger partial charge is 0.0936 e. The van der Waals surface area contributed by atoms with Crippen LogP contribution in [0.4, 0.5) is 19.4 Å². The number of rotatable bonds is 1. The third-order valence-corrected chi connectivity index (χ3v) is 3.14. The van der Waals surface area contributed by atoms with Gasteiger partial charge in [-0.1, -0.05) is 37.1 Å². The van der Waals surface area contributed by atoms with E-state index < -0.39 is 15.1 Å². The van der Waals surface area contributed by atoms with Crippen molar-refractivity contribution in [3.63, 3.8) is 0 Å². The fraction of sp³-hybridized carbons (Fsp3) is 0.143. The van der Waals surface area contributed by atoms with Gasteiger partial charge in [-0.25, -0.2) is 0 Å². The van der Waals surface area contributed by atoms with Crippen LogP contribution in [0, 0.1) is 6.92 Å². The predicted molar refractivity (Wildman–Crippen MR) is 47.6 cm³/mol. The Bertz CT molecular complexity index is 382. The summed E-state index contributed by atoms with van der Waals surface area (Å²) in [7, 11) is -9.57. The Morgan fingerprint density at radius 1 is 1.07 bits per heavy atom. The first-order chi connectivity index (χ1) is 5.90. The summed E-state index contributed by atoms with van der Waals surface area (Å²) in [6.07, 6.45) is 0. The molecule has 82 valence electrons. The van der Waals surface area contributed by atoms with Gasteiger partial charge in [0.25, 0.3) is 0 Å². The van der Waals surface area contributed by atoms with Crippen molar-refractivity contribution in [3.05, 3.63) is 28.8 Å². The molecule has 0 N–H and O–H groups in total. The van der Waals surface area contributed by atoms with Gasteiger partial charge in [0.1, 0.15) is 4.90 Å². The van der Waals surface area contributed by atoms with E-state index in [1.165, 1.54) is 6.92 Å². The van der Waals surface area contributed by atoms with Gasteiger partial charge in [0.2, 0.25) is 0 Å². The van der Waals surface area contributed by atoms with Crippen LogP contribution in [0.2, 0.25) is 5.02 Å². The van der Waals surface area contributed by atoms with Crippen LogP contribution in [0.5, 0.6) is 0 Å². The van der Waals surface area contributed by atoms with Crippen molar-refractivity contribution in [1.82, 2.24) is 0 Å². The molecule has 0 aromatic heterocycles. The zero-order valence-electron chi connectivity index (χ0n) is 6.91. The molecule has 1 rings (SSSR count). The van der Waals surface area contributed by atoms with Crippen LogP contribution in [0.1, 0.15) is 5.56 Å². The van der Waals surface area contributed by atoms with E-state index in [1.54, 1.807) is 0 Å². The molecule has 0 spiro atoms. The zero-order chi connectivity index (χ0) is 11.3. The Hall–Kier alpha value is -0.490. The third kappa shape index (κ3) is 2.51. The molecular weight excluding hydrogens is 247 g/mol. The summed E-state index contributed by atoms with van der Waals surface area (Å²) in [4.78, 5) is -1.96. The van der Waals surface area contributed by atoms with Crippen molar-refractivity contribution in [2.45, 2.75) is 11.8 Å². The number of hydrogen-bond acceptors (Lipinski definition) is 0. The fourth-order valence-electron chi connectivity index (χ4n) is 0.814. The van der Waals surface area contributed by atoms with E-state index in [9.17, 15) is 19.4 Å². The Balaban J connectivity index is 3.45. The minimum Gasteiger partial charge on any atom is -0.0936 e. The first-order valence-corrected chi connectivity index (χ1v) is 5.73. The van der Waals surface area contributed by atoms with Crippen molar-refractivity contribution in [3.8, 4) is 0 Å². The maximum atomic E-state index is 12.2. The Morgan fingerprint density at radius 3 is 1.93 bits per heavy atom. The summed E-state index contributed by atoms with van der Waals surface area (Å²) in [6.45, 7) is 1.43. The molecule has 1 aromatic rings. The maximum Gasteiger partial charge on any atom is 0.310 e. The average Bonchev–Trinajstić information content (AvgIpc) is 1.89. The van der Waals surface area contributed by atoms with Gasteiger partial charge in [0.05, 0.1) is 0 Å². The van der Waals surface area contributed by atoms with Crippen molar-refractivity contribution < 1.29 is 19.4 Å². The van der Waals surface area contributed by atoms with Crippen LogP contribution >= 0.6 is 21.8 Å². The molecule has 0 radical (unpaired) electrons. The van der Waals surface area contributed by atoms with Gasteiger partial charge in [-0.3, -0.25) is 0 Å². The molecular formula is C7H6ClF5S. The fourth-order valence-corrected chi connectivity index (χ4v) is 1.72. The van der Waals surface area contributed by atoms with Gasteiger partial charge in [-0.2, -0.15) is 0 Å². The second-order valence-electron chi connectivity index (χ2n) is 2.88. The topological polar surface area (TPSA) is 0 Å². The van der Waals surface area contributed by atoms with E-state index >= 15 is 0 Å². The molecule has 0 bridgehead atoms. The van der Waals surface area contributed by atoms with Crippen LogP contribution < -0.4 is 0 Å². The Labute approximate surface area is 82.4 Å². The highest BCUT2D eigenvalue weighted by Crippen LogP contribution is 3.02. The van der Waals surface area contributed by atoms with Gasteiger partial charge in [-0.15, -0.1) is 0 Å². The van der Waals surface area contributed by atoms with Crippen molar-refractivity contribution >= 4 is 21.8 Å². The number of benzene rings is 1. The Morgan fingerprint density at radius 2 is 1.57 bits per heavy atom. The first-order valence-electron chi connectivity index (χ1n) is 3.40. The molecule has 0 aliphatic rings. The normalized spacial score (nSPS) is 17.4. The molecule has 0 saturated carbocycles. The highest BCUT2D eigenvalue weighted by molar-refractivity contribution is 8.45. The molecule has 1 aromatic carbocycles. The van der Waals surface area contributed by atoms with Gasteiger partial charge < -0.3 is 0 Å². The van der Waals surface area contributed by atoms with E-state index in [0.29, 0.717) is 11.6 Å². The summed E-state index contributed by atoms with van der Waals surface area (Å²) >= 11 is 5.33. The standard InChI is InChI=1S/C7H6ClF5S/c1-5-2-3-6(4-7(5)8)14(9,10,11,12)13/h2-4H,1H3. The molecule has 0 heterocycles. The Kier molecular flexibility index (Phi) is 1.95. The molecule has 0 aliphatic carbocycles. The third-order valence-electron chi connectivity index (χ3n) is 1.59. The lowest BCUT2D eigenvalue weighted by Gasteiger charge is -2.40. The van der Waals surface area contributed by atoms with E-state index in [2.05, 4.69) is 0 Å². The van der Waals surface area contributed by atoms with Crippen LogP contribution in [-0.2, 0) is 0 Å².